The molecule has 5 rings (SSSR count). The number of nitriles is 1. The Morgan fingerprint density at radius 2 is 1.88 bits per heavy atom. The highest BCUT2D eigenvalue weighted by Crippen LogP contribution is 2.43. The van der Waals surface area contributed by atoms with Crippen molar-refractivity contribution in [2.45, 2.75) is 71.8 Å². The molecule has 3 N–H and O–H groups in total. The minimum absolute atomic E-state index is 0.0739. The summed E-state index contributed by atoms with van der Waals surface area (Å²) in [5, 5.41) is 25.3. The van der Waals surface area contributed by atoms with Gasteiger partial charge in [0.05, 0.1) is 28.9 Å². The zero-order valence-corrected chi connectivity index (χ0v) is 30.9. The van der Waals surface area contributed by atoms with Crippen LogP contribution in [-0.2, 0) is 14.3 Å². The summed E-state index contributed by atoms with van der Waals surface area (Å²) in [7, 11) is 0. The summed E-state index contributed by atoms with van der Waals surface area (Å²) >= 11 is 6.16. The number of β-amino-alcohol motifs (C(OH)–C–C–N with tert-alkyl or cyclic N) is 1. The van der Waals surface area contributed by atoms with E-state index in [-0.39, 0.29) is 41.9 Å². The number of amides is 3. The average molecular weight is 724 g/mol. The summed E-state index contributed by atoms with van der Waals surface area (Å²) in [4.78, 5) is 49.5. The Labute approximate surface area is 305 Å². The van der Waals surface area contributed by atoms with Crippen LogP contribution < -0.4 is 20.3 Å². The van der Waals surface area contributed by atoms with Crippen LogP contribution in [0.15, 0.2) is 36.5 Å². The molecule has 13 nitrogen and oxygen atoms in total. The van der Waals surface area contributed by atoms with Gasteiger partial charge in [0.2, 0.25) is 11.8 Å². The normalized spacial score (nSPS) is 22.4. The number of ether oxygens (including phenoxy) is 2. The van der Waals surface area contributed by atoms with Crippen LogP contribution in [0.2, 0.25) is 5.02 Å². The summed E-state index contributed by atoms with van der Waals surface area (Å²) in [5.74, 6) is 0.706. The number of nitrogens with zero attached hydrogens (tertiary/aromatic N) is 5. The van der Waals surface area contributed by atoms with Crippen LogP contribution in [0.5, 0.6) is 5.75 Å². The number of aromatic nitrogens is 1. The number of halogens is 1. The smallest absolute Gasteiger partial charge is 0.253 e. The van der Waals surface area contributed by atoms with Gasteiger partial charge in [0.25, 0.3) is 5.91 Å². The lowest BCUT2D eigenvalue weighted by molar-refractivity contribution is -0.140. The van der Waals surface area contributed by atoms with Crippen LogP contribution in [0.4, 0.5) is 5.82 Å². The first-order valence-corrected chi connectivity index (χ1v) is 18.0. The van der Waals surface area contributed by atoms with E-state index in [0.29, 0.717) is 61.0 Å². The summed E-state index contributed by atoms with van der Waals surface area (Å²) in [6.45, 7) is 14.7. The maximum Gasteiger partial charge on any atom is 0.253 e. The Morgan fingerprint density at radius 3 is 2.47 bits per heavy atom. The van der Waals surface area contributed by atoms with E-state index in [0.717, 1.165) is 32.0 Å². The third kappa shape index (κ3) is 9.48. The Hall–Kier alpha value is -3.96. The molecule has 1 saturated carbocycles. The van der Waals surface area contributed by atoms with Crippen molar-refractivity contribution in [3.8, 4) is 11.8 Å². The number of piperazine rings is 1. The largest absolute Gasteiger partial charge is 0.490 e. The molecular weight excluding hydrogens is 674 g/mol. The molecule has 4 atom stereocenters. The predicted octanol–water partition coefficient (Wildman–Crippen LogP) is 2.85. The zero-order chi connectivity index (χ0) is 36.9. The van der Waals surface area contributed by atoms with E-state index in [9.17, 15) is 19.5 Å². The molecule has 14 heteroatoms. The van der Waals surface area contributed by atoms with E-state index < -0.39 is 17.6 Å². The van der Waals surface area contributed by atoms with E-state index in [1.54, 1.807) is 35.4 Å². The molecule has 0 radical (unpaired) electrons. The van der Waals surface area contributed by atoms with Crippen molar-refractivity contribution in [2.75, 3.05) is 63.9 Å². The number of hydrogen-bond donors (Lipinski definition) is 3. The molecule has 1 aromatic heterocycles. The molecule has 276 valence electrons. The number of hydrogen-bond acceptors (Lipinski definition) is 10. The van der Waals surface area contributed by atoms with Crippen LogP contribution >= 0.6 is 11.6 Å². The fourth-order valence-electron chi connectivity index (χ4n) is 6.64. The maximum absolute atomic E-state index is 13.1. The number of carbonyl (C=O) groups is 3. The number of aliphatic hydroxyl groups excluding tert-OH is 1. The molecule has 51 heavy (non-hydrogen) atoms. The van der Waals surface area contributed by atoms with E-state index in [1.165, 1.54) is 0 Å². The van der Waals surface area contributed by atoms with Gasteiger partial charge in [-0.05, 0) is 36.1 Å². The zero-order valence-electron chi connectivity index (χ0n) is 30.2. The van der Waals surface area contributed by atoms with Crippen molar-refractivity contribution in [3.05, 3.63) is 52.7 Å². The lowest BCUT2D eigenvalue weighted by atomic mass is 9.64. The second-order valence-corrected chi connectivity index (χ2v) is 15.7. The van der Waals surface area contributed by atoms with Gasteiger partial charge in [-0.15, -0.1) is 0 Å². The van der Waals surface area contributed by atoms with E-state index in [2.05, 4.69) is 39.3 Å². The van der Waals surface area contributed by atoms with Crippen molar-refractivity contribution in [3.63, 3.8) is 0 Å². The Balaban J connectivity index is 0.998. The van der Waals surface area contributed by atoms with Crippen molar-refractivity contribution in [2.24, 2.45) is 10.8 Å². The van der Waals surface area contributed by atoms with Crippen LogP contribution in [0.25, 0.3) is 0 Å². The molecule has 1 aromatic carbocycles. The molecule has 0 unspecified atom stereocenters. The minimum atomic E-state index is -0.699. The molecule has 2 aromatic rings. The summed E-state index contributed by atoms with van der Waals surface area (Å²) in [5.41, 5.74) is 0.0916. The maximum atomic E-state index is 13.1. The third-order valence-corrected chi connectivity index (χ3v) is 10.5. The van der Waals surface area contributed by atoms with Crippen molar-refractivity contribution < 1.29 is 29.0 Å². The molecule has 0 bridgehead atoms. The Morgan fingerprint density at radius 1 is 1.14 bits per heavy atom. The first-order valence-electron chi connectivity index (χ1n) is 17.6. The van der Waals surface area contributed by atoms with E-state index in [4.69, 9.17) is 26.3 Å². The minimum Gasteiger partial charge on any atom is -0.490 e. The molecule has 2 aliphatic heterocycles. The number of pyridine rings is 1. The predicted molar refractivity (Wildman–Crippen MR) is 193 cm³/mol. The molecule has 3 amide bonds. The second kappa shape index (κ2) is 16.2. The van der Waals surface area contributed by atoms with Crippen molar-refractivity contribution in [1.82, 2.24) is 25.4 Å². The molecule has 3 fully saturated rings. The number of carbonyl (C=O) groups excluding carboxylic acids is 3. The van der Waals surface area contributed by atoms with Gasteiger partial charge in [-0.3, -0.25) is 19.3 Å². The van der Waals surface area contributed by atoms with Gasteiger partial charge in [-0.25, -0.2) is 4.98 Å². The first-order chi connectivity index (χ1) is 24.1. The van der Waals surface area contributed by atoms with E-state index >= 15 is 0 Å². The lowest BCUT2D eigenvalue weighted by Gasteiger charge is -2.51. The quantitative estimate of drug-likeness (QED) is 0.278. The second-order valence-electron chi connectivity index (χ2n) is 15.3. The SMILES string of the molecule is CC(C)(C)[C@H](NC(=O)COCCN1CCN(c2ccc(C(=O)N[C@H]3C[C@@H](Oc4ccc(C#N)c(Cl)c4)C3(C)C)cn2)CC1)C(=O)N1CC[C@@H](O)C1. The molecule has 2 saturated heterocycles. The molecule has 1 aliphatic carbocycles. The Kier molecular flexibility index (Phi) is 12.1. The summed E-state index contributed by atoms with van der Waals surface area (Å²) in [6, 6.07) is 9.96. The number of rotatable bonds is 12. The number of aliphatic hydroxyl groups is 1. The van der Waals surface area contributed by atoms with Crippen LogP contribution in [-0.4, -0.2) is 121 Å². The lowest BCUT2D eigenvalue weighted by Crippen LogP contribution is -2.63. The number of likely N-dealkylation sites (tertiary alicyclic amines) is 1. The van der Waals surface area contributed by atoms with Crippen LogP contribution in [0, 0.1) is 22.2 Å². The summed E-state index contributed by atoms with van der Waals surface area (Å²) < 4.78 is 11.8. The van der Waals surface area contributed by atoms with Gasteiger partial charge in [0, 0.05) is 76.0 Å². The molecule has 3 heterocycles. The highest BCUT2D eigenvalue weighted by Gasteiger charge is 2.51. The standard InChI is InChI=1S/C37H50ClN7O6/c1-36(2,3)33(35(49)45-11-10-26(46)22-45)42-32(47)23-50-17-16-43-12-14-44(15-13-43)31-9-7-25(21-40-31)34(48)41-29-19-30(37(29,4)5)51-27-8-6-24(20-39)28(38)18-27/h6-9,18,21,26,29-30,33,46H,10-17,19,22-23H2,1-5H3,(H,41,48)(H,42,47)/t26-,29+,30-,33-/m1/s1. The van der Waals surface area contributed by atoms with Gasteiger partial charge < -0.3 is 35.0 Å². The highest BCUT2D eigenvalue weighted by molar-refractivity contribution is 6.31. The van der Waals surface area contributed by atoms with Crippen LogP contribution in [0.3, 0.4) is 0 Å². The van der Waals surface area contributed by atoms with Crippen molar-refractivity contribution in [1.29, 1.82) is 5.26 Å². The Bertz CT molecular complexity index is 1600. The van der Waals surface area contributed by atoms with Crippen LogP contribution in [0.1, 0.15) is 63.4 Å². The van der Waals surface area contributed by atoms with Gasteiger partial charge in [0.1, 0.15) is 36.4 Å². The average Bonchev–Trinajstić information content (AvgIpc) is 3.54. The topological polar surface area (TPSA) is 160 Å². The molecule has 3 aliphatic rings. The summed E-state index contributed by atoms with van der Waals surface area (Å²) in [6.07, 6.45) is 2.18. The van der Waals surface area contributed by atoms with Gasteiger partial charge >= 0.3 is 0 Å². The number of benzene rings is 1. The van der Waals surface area contributed by atoms with Crippen molar-refractivity contribution >= 4 is 35.1 Å². The van der Waals surface area contributed by atoms with Gasteiger partial charge in [-0.2, -0.15) is 5.26 Å². The van der Waals surface area contributed by atoms with Gasteiger partial charge in [0.15, 0.2) is 0 Å². The number of anilines is 1. The third-order valence-electron chi connectivity index (χ3n) is 10.2. The fraction of sp³-hybridized carbons (Fsp3) is 0.595. The van der Waals surface area contributed by atoms with Gasteiger partial charge in [-0.1, -0.05) is 46.2 Å². The highest BCUT2D eigenvalue weighted by atomic mass is 35.5. The monoisotopic (exact) mass is 723 g/mol. The fourth-order valence-corrected chi connectivity index (χ4v) is 6.85. The van der Waals surface area contributed by atoms with E-state index in [1.807, 2.05) is 32.9 Å². The first kappa shape index (κ1) is 38.3. The molecular formula is C37H50ClN7O6. The number of nitrogens with one attached hydrogen (secondary N) is 2. The molecule has 0 spiro atoms.